The first-order valence-electron chi connectivity index (χ1n) is 6.21. The van der Waals surface area contributed by atoms with Gasteiger partial charge in [-0.1, -0.05) is 25.7 Å². The maximum absolute atomic E-state index is 11.7. The zero-order valence-corrected chi connectivity index (χ0v) is 9.34. The van der Waals surface area contributed by atoms with Crippen LogP contribution in [-0.2, 0) is 9.53 Å². The van der Waals surface area contributed by atoms with E-state index in [1.165, 1.54) is 38.5 Å². The van der Waals surface area contributed by atoms with Crippen molar-refractivity contribution < 1.29 is 9.53 Å². The first-order valence-corrected chi connectivity index (χ1v) is 6.21. The Balaban J connectivity index is 1.67. The van der Waals surface area contributed by atoms with Crippen LogP contribution in [0.1, 0.15) is 44.9 Å². The van der Waals surface area contributed by atoms with Crippen molar-refractivity contribution in [1.29, 1.82) is 0 Å². The summed E-state index contributed by atoms with van der Waals surface area (Å²) in [5.74, 6) is 0.865. The Bertz CT molecular complexity index is 206. The number of hydrogen-bond acceptors (Lipinski definition) is 2. The van der Waals surface area contributed by atoms with Crippen molar-refractivity contribution in [2.75, 3.05) is 13.2 Å². The molecule has 0 radical (unpaired) electrons. The molecule has 2 rings (SSSR count). The fourth-order valence-corrected chi connectivity index (χ4v) is 2.44. The number of amides is 1. The summed E-state index contributed by atoms with van der Waals surface area (Å²) >= 11 is 0. The third-order valence-corrected chi connectivity index (χ3v) is 3.45. The van der Waals surface area contributed by atoms with Crippen LogP contribution < -0.4 is 5.32 Å². The molecule has 2 aliphatic rings. The molecule has 0 spiro atoms. The summed E-state index contributed by atoms with van der Waals surface area (Å²) in [6.07, 6.45) is 8.55. The van der Waals surface area contributed by atoms with Crippen molar-refractivity contribution in [1.82, 2.24) is 5.32 Å². The van der Waals surface area contributed by atoms with E-state index in [-0.39, 0.29) is 5.91 Å². The van der Waals surface area contributed by atoms with Crippen LogP contribution in [-0.4, -0.2) is 25.2 Å². The molecule has 0 unspecified atom stereocenters. The molecule has 0 aromatic heterocycles. The highest BCUT2D eigenvalue weighted by Gasteiger charge is 2.22. The van der Waals surface area contributed by atoms with Crippen molar-refractivity contribution in [2.45, 2.75) is 51.0 Å². The van der Waals surface area contributed by atoms with Gasteiger partial charge in [-0.25, -0.2) is 0 Å². The molecule has 1 saturated heterocycles. The van der Waals surface area contributed by atoms with Crippen molar-refractivity contribution in [2.24, 2.45) is 5.92 Å². The van der Waals surface area contributed by atoms with E-state index in [2.05, 4.69) is 5.32 Å². The van der Waals surface area contributed by atoms with Crippen molar-refractivity contribution >= 4 is 5.91 Å². The Hall–Kier alpha value is -0.570. The summed E-state index contributed by atoms with van der Waals surface area (Å²) in [7, 11) is 0. The molecular weight excluding hydrogens is 190 g/mol. The molecule has 2 fully saturated rings. The zero-order valence-electron chi connectivity index (χ0n) is 9.34. The topological polar surface area (TPSA) is 38.3 Å². The molecule has 3 heteroatoms. The van der Waals surface area contributed by atoms with Gasteiger partial charge in [0, 0.05) is 6.42 Å². The SMILES string of the molecule is O=C(CC1CCCCCC1)NC1COC1. The zero-order chi connectivity index (χ0) is 10.5. The highest BCUT2D eigenvalue weighted by atomic mass is 16.5. The van der Waals surface area contributed by atoms with E-state index in [9.17, 15) is 4.79 Å². The summed E-state index contributed by atoms with van der Waals surface area (Å²) < 4.78 is 5.03. The van der Waals surface area contributed by atoms with E-state index in [0.717, 1.165) is 6.42 Å². The van der Waals surface area contributed by atoms with Gasteiger partial charge in [0.1, 0.15) is 0 Å². The van der Waals surface area contributed by atoms with E-state index < -0.39 is 0 Å². The summed E-state index contributed by atoms with van der Waals surface area (Å²) in [5, 5.41) is 3.02. The maximum atomic E-state index is 11.7. The first-order chi connectivity index (χ1) is 7.34. The van der Waals surface area contributed by atoms with Gasteiger partial charge in [0.15, 0.2) is 0 Å². The number of carbonyl (C=O) groups is 1. The van der Waals surface area contributed by atoms with Crippen LogP contribution in [0.3, 0.4) is 0 Å². The number of nitrogens with one attached hydrogen (secondary N) is 1. The maximum Gasteiger partial charge on any atom is 0.220 e. The van der Waals surface area contributed by atoms with E-state index in [4.69, 9.17) is 4.74 Å². The molecule has 0 aromatic carbocycles. The lowest BCUT2D eigenvalue weighted by Gasteiger charge is -2.27. The van der Waals surface area contributed by atoms with Crippen molar-refractivity contribution in [3.05, 3.63) is 0 Å². The lowest BCUT2D eigenvalue weighted by molar-refractivity contribution is -0.126. The summed E-state index contributed by atoms with van der Waals surface area (Å²) in [6.45, 7) is 1.41. The van der Waals surface area contributed by atoms with Crippen LogP contribution in [0.4, 0.5) is 0 Å². The van der Waals surface area contributed by atoms with Crippen LogP contribution in [0, 0.1) is 5.92 Å². The third kappa shape index (κ3) is 3.49. The molecule has 1 aliphatic heterocycles. The van der Waals surface area contributed by atoms with Crippen LogP contribution in [0.2, 0.25) is 0 Å². The Morgan fingerprint density at radius 3 is 2.33 bits per heavy atom. The molecule has 86 valence electrons. The fraction of sp³-hybridized carbons (Fsp3) is 0.917. The molecule has 1 heterocycles. The van der Waals surface area contributed by atoms with Crippen LogP contribution in [0.5, 0.6) is 0 Å². The van der Waals surface area contributed by atoms with Gasteiger partial charge >= 0.3 is 0 Å². The van der Waals surface area contributed by atoms with Gasteiger partial charge in [-0.05, 0) is 18.8 Å². The molecule has 1 N–H and O–H groups in total. The predicted molar refractivity (Wildman–Crippen MR) is 58.6 cm³/mol. The van der Waals surface area contributed by atoms with Crippen LogP contribution >= 0.6 is 0 Å². The Labute approximate surface area is 91.6 Å². The second-order valence-electron chi connectivity index (χ2n) is 4.86. The average Bonchev–Trinajstić information content (AvgIpc) is 2.40. The average molecular weight is 211 g/mol. The van der Waals surface area contributed by atoms with Gasteiger partial charge < -0.3 is 10.1 Å². The molecular formula is C12H21NO2. The van der Waals surface area contributed by atoms with E-state index >= 15 is 0 Å². The minimum absolute atomic E-state index is 0.232. The largest absolute Gasteiger partial charge is 0.377 e. The molecule has 0 atom stereocenters. The normalized spacial score (nSPS) is 24.3. The predicted octanol–water partition coefficient (Wildman–Crippen LogP) is 1.86. The third-order valence-electron chi connectivity index (χ3n) is 3.45. The Morgan fingerprint density at radius 2 is 1.80 bits per heavy atom. The summed E-state index contributed by atoms with van der Waals surface area (Å²) in [6, 6.07) is 0.295. The number of rotatable bonds is 3. The quantitative estimate of drug-likeness (QED) is 0.724. The van der Waals surface area contributed by atoms with Crippen molar-refractivity contribution in [3.8, 4) is 0 Å². The Morgan fingerprint density at radius 1 is 1.13 bits per heavy atom. The molecule has 3 nitrogen and oxygen atoms in total. The minimum atomic E-state index is 0.232. The van der Waals surface area contributed by atoms with Gasteiger partial charge in [-0.2, -0.15) is 0 Å². The van der Waals surface area contributed by atoms with Crippen LogP contribution in [0.15, 0.2) is 0 Å². The minimum Gasteiger partial charge on any atom is -0.377 e. The van der Waals surface area contributed by atoms with E-state index in [1.807, 2.05) is 0 Å². The monoisotopic (exact) mass is 211 g/mol. The van der Waals surface area contributed by atoms with Gasteiger partial charge in [-0.3, -0.25) is 4.79 Å². The summed E-state index contributed by atoms with van der Waals surface area (Å²) in [5.41, 5.74) is 0. The smallest absolute Gasteiger partial charge is 0.220 e. The second kappa shape index (κ2) is 5.50. The molecule has 1 amide bonds. The number of carbonyl (C=O) groups excluding carboxylic acids is 1. The first kappa shape index (κ1) is 10.9. The van der Waals surface area contributed by atoms with Crippen molar-refractivity contribution in [3.63, 3.8) is 0 Å². The van der Waals surface area contributed by atoms with Gasteiger partial charge in [0.05, 0.1) is 19.3 Å². The molecule has 15 heavy (non-hydrogen) atoms. The van der Waals surface area contributed by atoms with E-state index in [1.54, 1.807) is 0 Å². The van der Waals surface area contributed by atoms with Gasteiger partial charge in [-0.15, -0.1) is 0 Å². The number of hydrogen-bond donors (Lipinski definition) is 1. The Kier molecular flexibility index (Phi) is 4.01. The lowest BCUT2D eigenvalue weighted by Crippen LogP contribution is -2.48. The summed E-state index contributed by atoms with van der Waals surface area (Å²) in [4.78, 5) is 11.7. The van der Waals surface area contributed by atoms with Gasteiger partial charge in [0.2, 0.25) is 5.91 Å². The standard InChI is InChI=1S/C12H21NO2/c14-12(13-11-8-15-9-11)7-10-5-3-1-2-4-6-10/h10-11H,1-9H2,(H,13,14). The molecule has 1 aliphatic carbocycles. The fourth-order valence-electron chi connectivity index (χ4n) is 2.44. The highest BCUT2D eigenvalue weighted by molar-refractivity contribution is 5.76. The lowest BCUT2D eigenvalue weighted by atomic mass is 9.96. The second-order valence-corrected chi connectivity index (χ2v) is 4.86. The molecule has 0 aromatic rings. The molecule has 0 bridgehead atoms. The van der Waals surface area contributed by atoms with Gasteiger partial charge in [0.25, 0.3) is 0 Å². The molecule has 1 saturated carbocycles. The van der Waals surface area contributed by atoms with E-state index in [0.29, 0.717) is 25.2 Å². The van der Waals surface area contributed by atoms with Crippen LogP contribution in [0.25, 0.3) is 0 Å². The highest BCUT2D eigenvalue weighted by Crippen LogP contribution is 2.25. The number of ether oxygens (including phenoxy) is 1.